The maximum atomic E-state index is 12.8. The van der Waals surface area contributed by atoms with E-state index in [2.05, 4.69) is 13.2 Å². The van der Waals surface area contributed by atoms with Crippen LogP contribution in [0.4, 0.5) is 0 Å². The second-order valence-electron chi connectivity index (χ2n) is 11.6. The lowest BCUT2D eigenvalue weighted by atomic mass is 10.1. The van der Waals surface area contributed by atoms with E-state index in [1.54, 1.807) is 24.3 Å². The van der Waals surface area contributed by atoms with Crippen molar-refractivity contribution in [3.05, 3.63) is 109 Å². The van der Waals surface area contributed by atoms with Crippen molar-refractivity contribution < 1.29 is 67.0 Å². The lowest BCUT2D eigenvalue weighted by Gasteiger charge is -2.11. The third kappa shape index (κ3) is 16.9. The smallest absolute Gasteiger partial charge is 0.343 e. The summed E-state index contributed by atoms with van der Waals surface area (Å²) in [4.78, 5) is 60.9. The lowest BCUT2D eigenvalue weighted by molar-refractivity contribution is -0.145. The van der Waals surface area contributed by atoms with Gasteiger partial charge in [0.05, 0.1) is 36.9 Å². The molecule has 0 aliphatic rings. The highest BCUT2D eigenvalue weighted by atomic mass is 16.6. The van der Waals surface area contributed by atoms with Crippen LogP contribution >= 0.6 is 0 Å². The molecule has 0 aliphatic carbocycles. The Labute approximate surface area is 319 Å². The Kier molecular flexibility index (Phi) is 19.5. The zero-order valence-corrected chi connectivity index (χ0v) is 30.6. The molecule has 0 fully saturated rings. The van der Waals surface area contributed by atoms with E-state index in [-0.39, 0.29) is 66.6 Å². The molecule has 0 saturated heterocycles. The van der Waals surface area contributed by atoms with Gasteiger partial charge in [0.25, 0.3) is 0 Å². The van der Waals surface area contributed by atoms with Crippen molar-refractivity contribution in [3.8, 4) is 23.0 Å². The van der Waals surface area contributed by atoms with Gasteiger partial charge in [-0.2, -0.15) is 0 Å². The fraction of sp³-hybridized carbons (Fsp3) is 0.341. The molecule has 0 radical (unpaired) electrons. The first-order valence-corrected chi connectivity index (χ1v) is 17.7. The van der Waals surface area contributed by atoms with Crippen LogP contribution < -0.4 is 18.9 Å². The van der Waals surface area contributed by atoms with Gasteiger partial charge in [-0.1, -0.05) is 13.2 Å². The topological polar surface area (TPSA) is 179 Å². The van der Waals surface area contributed by atoms with Crippen molar-refractivity contribution in [1.82, 2.24) is 0 Å². The number of ether oxygens (including phenoxy) is 8. The Morgan fingerprint density at radius 2 is 0.982 bits per heavy atom. The predicted molar refractivity (Wildman–Crippen MR) is 198 cm³/mol. The zero-order chi connectivity index (χ0) is 39.7. The summed E-state index contributed by atoms with van der Waals surface area (Å²) >= 11 is 0. The minimum absolute atomic E-state index is 0.0627. The van der Waals surface area contributed by atoms with Crippen molar-refractivity contribution in [2.24, 2.45) is 0 Å². The van der Waals surface area contributed by atoms with E-state index in [1.807, 2.05) is 0 Å². The fourth-order valence-corrected chi connectivity index (χ4v) is 4.72. The molecule has 0 amide bonds. The predicted octanol–water partition coefficient (Wildman–Crippen LogP) is 7.11. The van der Waals surface area contributed by atoms with Gasteiger partial charge in [0, 0.05) is 12.8 Å². The Morgan fingerprint density at radius 1 is 0.527 bits per heavy atom. The number of esters is 4. The van der Waals surface area contributed by atoms with Crippen molar-refractivity contribution in [2.45, 2.75) is 51.4 Å². The molecule has 14 nitrogen and oxygen atoms in total. The number of rotatable bonds is 27. The van der Waals surface area contributed by atoms with Crippen LogP contribution in [0.2, 0.25) is 0 Å². The van der Waals surface area contributed by atoms with Crippen LogP contribution in [0, 0.1) is 0 Å². The Balaban J connectivity index is 1.39. The van der Waals surface area contributed by atoms with Gasteiger partial charge in [0.15, 0.2) is 0 Å². The normalized spacial score (nSPS) is 10.3. The number of aromatic carboxylic acids is 1. The van der Waals surface area contributed by atoms with Crippen molar-refractivity contribution in [1.29, 1.82) is 0 Å². The van der Waals surface area contributed by atoms with Crippen molar-refractivity contribution in [3.63, 3.8) is 0 Å². The minimum atomic E-state index is -1.39. The van der Waals surface area contributed by atoms with Gasteiger partial charge in [0.1, 0.15) is 55.0 Å². The summed E-state index contributed by atoms with van der Waals surface area (Å²) in [5, 5.41) is 9.78. The van der Waals surface area contributed by atoms with E-state index in [4.69, 9.17) is 37.9 Å². The molecule has 294 valence electrons. The van der Waals surface area contributed by atoms with Crippen LogP contribution in [-0.2, 0) is 28.5 Å². The number of hydrogen-bond donors (Lipinski definition) is 1. The first-order valence-electron chi connectivity index (χ1n) is 17.7. The summed E-state index contributed by atoms with van der Waals surface area (Å²) < 4.78 is 42.0. The van der Waals surface area contributed by atoms with Crippen LogP contribution in [0.5, 0.6) is 23.0 Å². The molecule has 3 aromatic carbocycles. The monoisotopic (exact) mass is 762 g/mol. The second-order valence-corrected chi connectivity index (χ2v) is 11.6. The van der Waals surface area contributed by atoms with E-state index in [0.717, 1.165) is 18.9 Å². The molecule has 0 heterocycles. The molecule has 3 rings (SSSR count). The molecule has 1 N–H and O–H groups in total. The van der Waals surface area contributed by atoms with E-state index >= 15 is 0 Å². The highest BCUT2D eigenvalue weighted by molar-refractivity contribution is 5.96. The number of carboxylic acids is 1. The Hall–Kier alpha value is -6.31. The maximum absolute atomic E-state index is 12.8. The molecule has 0 aromatic heterocycles. The van der Waals surface area contributed by atoms with Crippen LogP contribution in [0.25, 0.3) is 0 Å². The van der Waals surface area contributed by atoms with Crippen molar-refractivity contribution >= 4 is 29.8 Å². The quantitative estimate of drug-likeness (QED) is 0.0359. The van der Waals surface area contributed by atoms with Gasteiger partial charge in [-0.3, -0.25) is 9.59 Å². The molecular formula is C41H46O14. The highest BCUT2D eigenvalue weighted by Gasteiger charge is 2.19. The molecule has 0 atom stereocenters. The average molecular weight is 763 g/mol. The maximum Gasteiger partial charge on any atom is 0.343 e. The number of benzene rings is 3. The van der Waals surface area contributed by atoms with E-state index in [1.165, 1.54) is 48.9 Å². The molecular weight excluding hydrogens is 716 g/mol. The number of carboxylic acid groups (broad SMARTS) is 1. The largest absolute Gasteiger partial charge is 0.498 e. The van der Waals surface area contributed by atoms with E-state index in [0.29, 0.717) is 63.2 Å². The summed E-state index contributed by atoms with van der Waals surface area (Å²) in [6.07, 6.45) is 7.44. The molecule has 3 aromatic rings. The molecule has 0 spiro atoms. The Morgan fingerprint density at radius 3 is 1.44 bits per heavy atom. The van der Waals surface area contributed by atoms with E-state index in [9.17, 15) is 29.1 Å². The summed E-state index contributed by atoms with van der Waals surface area (Å²) in [5.41, 5.74) is -0.0205. The average Bonchev–Trinajstić information content (AvgIpc) is 3.18. The molecule has 0 bridgehead atoms. The second kappa shape index (κ2) is 24.8. The van der Waals surface area contributed by atoms with Gasteiger partial charge in [-0.15, -0.1) is 0 Å². The van der Waals surface area contributed by atoms with Crippen LogP contribution in [-0.4, -0.2) is 74.6 Å². The molecule has 0 aliphatic heterocycles. The highest BCUT2D eigenvalue weighted by Crippen LogP contribution is 2.27. The van der Waals surface area contributed by atoms with E-state index < -0.39 is 17.9 Å². The molecule has 0 saturated carbocycles. The third-order valence-corrected chi connectivity index (χ3v) is 7.53. The van der Waals surface area contributed by atoms with Gasteiger partial charge < -0.3 is 43.0 Å². The van der Waals surface area contributed by atoms with Gasteiger partial charge in [0.2, 0.25) is 0 Å². The van der Waals surface area contributed by atoms with Gasteiger partial charge in [-0.05, 0) is 105 Å². The van der Waals surface area contributed by atoms with Crippen molar-refractivity contribution in [2.75, 3.05) is 39.6 Å². The van der Waals surface area contributed by atoms with Crippen LogP contribution in [0.15, 0.2) is 92.4 Å². The fourth-order valence-electron chi connectivity index (χ4n) is 4.72. The summed E-state index contributed by atoms with van der Waals surface area (Å²) in [7, 11) is 0. The number of hydrogen-bond acceptors (Lipinski definition) is 13. The molecule has 14 heteroatoms. The number of unbranched alkanes of at least 4 members (excludes halogenated alkanes) is 4. The molecule has 55 heavy (non-hydrogen) atoms. The zero-order valence-electron chi connectivity index (χ0n) is 30.6. The SMILES string of the molecule is C=COCCOC(=O)CCCCCOc1ccc(C(=O)Oc2ccc(OC(=O)c3ccc(OCCCCCC(=O)OCCOC=C)cc3)c(C(=O)O)c2)cc1. The third-order valence-electron chi connectivity index (χ3n) is 7.53. The van der Waals surface area contributed by atoms with Gasteiger partial charge >= 0.3 is 29.8 Å². The number of carbonyl (C=O) groups excluding carboxylic acids is 4. The first kappa shape index (κ1) is 43.1. The molecule has 0 unspecified atom stereocenters. The van der Waals surface area contributed by atoms with Crippen LogP contribution in [0.3, 0.4) is 0 Å². The van der Waals surface area contributed by atoms with Gasteiger partial charge in [-0.25, -0.2) is 14.4 Å². The standard InChI is InChI=1S/C41H46O14/c1-3-48-25-27-52-37(42)11-7-5-9-23-50-32-17-13-30(14-18-32)40(46)54-34-21-22-36(35(29-34)39(44)45)55-41(47)31-15-19-33(20-16-31)51-24-10-6-8-12-38(43)53-28-26-49-4-2/h3-4,13-22,29H,1-2,5-12,23-28H2,(H,44,45). The summed E-state index contributed by atoms with van der Waals surface area (Å²) in [6, 6.07) is 16.0. The summed E-state index contributed by atoms with van der Waals surface area (Å²) in [6.45, 7) is 8.55. The van der Waals surface area contributed by atoms with Crippen LogP contribution in [0.1, 0.15) is 82.4 Å². The first-order chi connectivity index (χ1) is 26.7. The minimum Gasteiger partial charge on any atom is -0.498 e. The lowest BCUT2D eigenvalue weighted by Crippen LogP contribution is -2.13. The summed E-state index contributed by atoms with van der Waals surface area (Å²) in [5.74, 6) is -2.74. The Bertz CT molecular complexity index is 1700. The number of carbonyl (C=O) groups is 5.